The lowest BCUT2D eigenvalue weighted by Crippen LogP contribution is -2.28. The normalized spacial score (nSPS) is 15.8. The summed E-state index contributed by atoms with van der Waals surface area (Å²) in [6, 6.07) is 10.6. The predicted octanol–water partition coefficient (Wildman–Crippen LogP) is 2.90. The molecular formula is C18H14ClN5O. The van der Waals surface area contributed by atoms with E-state index >= 15 is 0 Å². The lowest BCUT2D eigenvalue weighted by atomic mass is 10.0. The molecule has 0 N–H and O–H groups in total. The summed E-state index contributed by atoms with van der Waals surface area (Å²) >= 11 is 6.23. The Balaban J connectivity index is 2.11. The molecule has 0 aliphatic carbocycles. The van der Waals surface area contributed by atoms with Gasteiger partial charge in [0.05, 0.1) is 17.1 Å². The SMILES string of the molecule is Cc1nnc2n(c1=O)-c1ccc(Cl)cc1C(c1ccccn1)=NC2C. The summed E-state index contributed by atoms with van der Waals surface area (Å²) < 4.78 is 1.57. The van der Waals surface area contributed by atoms with Crippen molar-refractivity contribution in [2.24, 2.45) is 4.99 Å². The Morgan fingerprint density at radius 2 is 2.00 bits per heavy atom. The van der Waals surface area contributed by atoms with Crippen molar-refractivity contribution in [1.82, 2.24) is 19.7 Å². The van der Waals surface area contributed by atoms with E-state index in [1.54, 1.807) is 35.9 Å². The average Bonchev–Trinajstić information content (AvgIpc) is 2.74. The van der Waals surface area contributed by atoms with E-state index in [-0.39, 0.29) is 11.6 Å². The van der Waals surface area contributed by atoms with Crippen LogP contribution in [0.4, 0.5) is 0 Å². The van der Waals surface area contributed by atoms with Crippen LogP contribution in [0, 0.1) is 6.92 Å². The van der Waals surface area contributed by atoms with Crippen LogP contribution in [0.15, 0.2) is 52.4 Å². The van der Waals surface area contributed by atoms with Crippen molar-refractivity contribution in [3.63, 3.8) is 0 Å². The van der Waals surface area contributed by atoms with Gasteiger partial charge in [0.2, 0.25) is 0 Å². The fraction of sp³-hybridized carbons (Fsp3) is 0.167. The Kier molecular flexibility index (Phi) is 3.69. The zero-order chi connectivity index (χ0) is 17.6. The molecule has 1 unspecified atom stereocenters. The van der Waals surface area contributed by atoms with E-state index in [1.165, 1.54) is 0 Å². The lowest BCUT2D eigenvalue weighted by Gasteiger charge is -2.13. The van der Waals surface area contributed by atoms with E-state index < -0.39 is 0 Å². The second kappa shape index (κ2) is 5.89. The Labute approximate surface area is 148 Å². The maximum atomic E-state index is 12.8. The van der Waals surface area contributed by atoms with Gasteiger partial charge in [-0.2, -0.15) is 0 Å². The second-order valence-corrected chi connectivity index (χ2v) is 6.25. The number of hydrogen-bond donors (Lipinski definition) is 0. The number of hydrogen-bond acceptors (Lipinski definition) is 5. The van der Waals surface area contributed by atoms with Gasteiger partial charge in [0.15, 0.2) is 5.82 Å². The van der Waals surface area contributed by atoms with Gasteiger partial charge in [-0.1, -0.05) is 17.7 Å². The molecule has 0 amide bonds. The molecule has 0 spiro atoms. The summed E-state index contributed by atoms with van der Waals surface area (Å²) in [6.07, 6.45) is 1.71. The molecule has 25 heavy (non-hydrogen) atoms. The number of aromatic nitrogens is 4. The third-order valence-corrected chi connectivity index (χ3v) is 4.34. The van der Waals surface area contributed by atoms with E-state index in [0.717, 1.165) is 5.56 Å². The van der Waals surface area contributed by atoms with Crippen LogP contribution < -0.4 is 5.56 Å². The number of aliphatic imine (C=N–C) groups is 1. The molecule has 1 aliphatic rings. The molecule has 124 valence electrons. The second-order valence-electron chi connectivity index (χ2n) is 5.81. The Hall–Kier alpha value is -2.86. The molecular weight excluding hydrogens is 338 g/mol. The Bertz CT molecular complexity index is 1060. The zero-order valence-electron chi connectivity index (χ0n) is 13.6. The van der Waals surface area contributed by atoms with Crippen molar-refractivity contribution in [1.29, 1.82) is 0 Å². The zero-order valence-corrected chi connectivity index (χ0v) is 14.4. The van der Waals surface area contributed by atoms with E-state index in [1.807, 2.05) is 25.1 Å². The van der Waals surface area contributed by atoms with Gasteiger partial charge in [0.1, 0.15) is 11.7 Å². The standard InChI is InChI=1S/C18H14ClN5O/c1-10-17-23-22-11(2)18(25)24(17)15-7-6-12(19)9-13(15)16(21-10)14-5-3-4-8-20-14/h3-10H,1-2H3. The van der Waals surface area contributed by atoms with Crippen LogP contribution >= 0.6 is 11.6 Å². The van der Waals surface area contributed by atoms with E-state index in [4.69, 9.17) is 16.6 Å². The van der Waals surface area contributed by atoms with Crippen LogP contribution in [-0.2, 0) is 0 Å². The number of rotatable bonds is 1. The third kappa shape index (κ3) is 2.55. The molecule has 2 aromatic heterocycles. The molecule has 7 heteroatoms. The van der Waals surface area contributed by atoms with Crippen LogP contribution in [0.3, 0.4) is 0 Å². The first-order valence-electron chi connectivity index (χ1n) is 7.82. The number of aryl methyl sites for hydroxylation is 1. The van der Waals surface area contributed by atoms with Gasteiger partial charge >= 0.3 is 0 Å². The Morgan fingerprint density at radius 1 is 1.16 bits per heavy atom. The summed E-state index contributed by atoms with van der Waals surface area (Å²) in [4.78, 5) is 22.0. The van der Waals surface area contributed by atoms with Crippen molar-refractivity contribution >= 4 is 17.3 Å². The van der Waals surface area contributed by atoms with Crippen molar-refractivity contribution in [2.75, 3.05) is 0 Å². The largest absolute Gasteiger partial charge is 0.279 e. The fourth-order valence-corrected chi connectivity index (χ4v) is 3.08. The van der Waals surface area contributed by atoms with E-state index in [9.17, 15) is 4.79 Å². The van der Waals surface area contributed by atoms with Crippen molar-refractivity contribution in [3.8, 4) is 5.69 Å². The molecule has 0 saturated carbocycles. The number of halogens is 1. The molecule has 4 rings (SSSR count). The van der Waals surface area contributed by atoms with Crippen LogP contribution in [0.5, 0.6) is 0 Å². The fourth-order valence-electron chi connectivity index (χ4n) is 2.90. The third-order valence-electron chi connectivity index (χ3n) is 4.10. The van der Waals surface area contributed by atoms with Crippen molar-refractivity contribution in [2.45, 2.75) is 19.9 Å². The minimum atomic E-state index is -0.357. The molecule has 1 aromatic carbocycles. The topological polar surface area (TPSA) is 73.0 Å². The molecule has 3 aromatic rings. The van der Waals surface area contributed by atoms with Gasteiger partial charge in [-0.05, 0) is 44.2 Å². The Morgan fingerprint density at radius 3 is 2.76 bits per heavy atom. The van der Waals surface area contributed by atoms with Crippen molar-refractivity contribution < 1.29 is 0 Å². The minimum Gasteiger partial charge on any atom is -0.271 e. The first kappa shape index (κ1) is 15.7. The first-order valence-corrected chi connectivity index (χ1v) is 8.20. The summed E-state index contributed by atoms with van der Waals surface area (Å²) in [7, 11) is 0. The maximum Gasteiger partial charge on any atom is 0.279 e. The van der Waals surface area contributed by atoms with Gasteiger partial charge < -0.3 is 0 Å². The average molecular weight is 352 g/mol. The van der Waals surface area contributed by atoms with Crippen LogP contribution in [-0.4, -0.2) is 25.5 Å². The molecule has 0 radical (unpaired) electrons. The summed E-state index contributed by atoms with van der Waals surface area (Å²) in [5, 5.41) is 8.76. The summed E-state index contributed by atoms with van der Waals surface area (Å²) in [5.41, 5.74) is 2.93. The van der Waals surface area contributed by atoms with Gasteiger partial charge in [0, 0.05) is 16.8 Å². The van der Waals surface area contributed by atoms with Gasteiger partial charge in [-0.25, -0.2) is 0 Å². The highest BCUT2D eigenvalue weighted by Gasteiger charge is 2.26. The molecule has 6 nitrogen and oxygen atoms in total. The first-order chi connectivity index (χ1) is 12.1. The van der Waals surface area contributed by atoms with Crippen molar-refractivity contribution in [3.05, 3.63) is 80.7 Å². The van der Waals surface area contributed by atoms with Gasteiger partial charge in [-0.15, -0.1) is 10.2 Å². The smallest absolute Gasteiger partial charge is 0.271 e. The van der Waals surface area contributed by atoms with Gasteiger partial charge in [-0.3, -0.25) is 19.3 Å². The van der Waals surface area contributed by atoms with Crippen LogP contribution in [0.1, 0.15) is 35.7 Å². The lowest BCUT2D eigenvalue weighted by molar-refractivity contribution is 0.654. The monoisotopic (exact) mass is 351 g/mol. The van der Waals surface area contributed by atoms with E-state index in [0.29, 0.717) is 33.6 Å². The highest BCUT2D eigenvalue weighted by atomic mass is 35.5. The number of fused-ring (bicyclic) bond motifs is 3. The molecule has 0 bridgehead atoms. The minimum absolute atomic E-state index is 0.210. The van der Waals surface area contributed by atoms with Crippen LogP contribution in [0.25, 0.3) is 5.69 Å². The maximum absolute atomic E-state index is 12.8. The number of nitrogens with zero attached hydrogens (tertiary/aromatic N) is 5. The van der Waals surface area contributed by atoms with Crippen LogP contribution in [0.2, 0.25) is 5.02 Å². The molecule has 3 heterocycles. The highest BCUT2D eigenvalue weighted by molar-refractivity contribution is 6.31. The number of pyridine rings is 1. The van der Waals surface area contributed by atoms with E-state index in [2.05, 4.69) is 15.2 Å². The molecule has 0 saturated heterocycles. The quantitative estimate of drug-likeness (QED) is 0.675. The molecule has 1 atom stereocenters. The predicted molar refractivity (Wildman–Crippen MR) is 95.7 cm³/mol. The van der Waals surface area contributed by atoms with Gasteiger partial charge in [0.25, 0.3) is 5.56 Å². The number of benzene rings is 1. The molecule has 1 aliphatic heterocycles. The molecule has 0 fully saturated rings. The summed E-state index contributed by atoms with van der Waals surface area (Å²) in [6.45, 7) is 3.53. The summed E-state index contributed by atoms with van der Waals surface area (Å²) in [5.74, 6) is 0.491. The highest BCUT2D eigenvalue weighted by Crippen LogP contribution is 2.29.